The molecule has 1 aliphatic rings. The minimum Gasteiger partial charge on any atom is -0.378 e. The second kappa shape index (κ2) is 3.96. The number of morpholine rings is 1. The Morgan fingerprint density at radius 2 is 2.06 bits per heavy atom. The van der Waals surface area contributed by atoms with Crippen molar-refractivity contribution in [1.82, 2.24) is 5.16 Å². The molecule has 0 bridgehead atoms. The van der Waals surface area contributed by atoms with Gasteiger partial charge in [0, 0.05) is 18.1 Å². The average Bonchev–Trinajstić information content (AvgIpc) is 2.73. The minimum absolute atomic E-state index is 0.699. The van der Waals surface area contributed by atoms with Crippen LogP contribution in [-0.4, -0.2) is 31.5 Å². The Hall–Kier alpha value is -1.26. The highest BCUT2D eigenvalue weighted by Crippen LogP contribution is 2.28. The first kappa shape index (κ1) is 9.93. The zero-order valence-electron chi connectivity index (χ0n) is 8.65. The molecular formula is C11H11ClN2O2. The normalized spacial score (nSPS) is 16.9. The van der Waals surface area contributed by atoms with E-state index in [1.165, 1.54) is 0 Å². The standard InChI is InChI=1S/C11H11ClN2O2/c12-8-1-2-10-9(7-8)11(13-16-10)14-3-5-15-6-4-14/h1-2,7H,3-6H2. The van der Waals surface area contributed by atoms with Crippen LogP contribution in [0.1, 0.15) is 0 Å². The number of hydrogen-bond acceptors (Lipinski definition) is 4. The van der Waals surface area contributed by atoms with Crippen LogP contribution in [0.15, 0.2) is 22.7 Å². The highest BCUT2D eigenvalue weighted by atomic mass is 35.5. The molecule has 2 aromatic rings. The monoisotopic (exact) mass is 238 g/mol. The van der Waals surface area contributed by atoms with Crippen molar-refractivity contribution >= 4 is 28.4 Å². The molecule has 0 N–H and O–H groups in total. The first-order chi connectivity index (χ1) is 7.84. The Labute approximate surface area is 97.7 Å². The van der Waals surface area contributed by atoms with Crippen molar-refractivity contribution in [3.8, 4) is 0 Å². The molecule has 0 unspecified atom stereocenters. The van der Waals surface area contributed by atoms with E-state index in [9.17, 15) is 0 Å². The van der Waals surface area contributed by atoms with Gasteiger partial charge in [0.05, 0.1) is 18.6 Å². The summed E-state index contributed by atoms with van der Waals surface area (Å²) in [6, 6.07) is 5.53. The van der Waals surface area contributed by atoms with Crippen LogP contribution in [0.25, 0.3) is 11.0 Å². The Balaban J connectivity index is 2.05. The van der Waals surface area contributed by atoms with Crippen molar-refractivity contribution in [3.63, 3.8) is 0 Å². The van der Waals surface area contributed by atoms with Crippen LogP contribution >= 0.6 is 11.6 Å². The van der Waals surface area contributed by atoms with Crippen molar-refractivity contribution in [3.05, 3.63) is 23.2 Å². The average molecular weight is 239 g/mol. The smallest absolute Gasteiger partial charge is 0.180 e. The van der Waals surface area contributed by atoms with Gasteiger partial charge in [-0.2, -0.15) is 0 Å². The van der Waals surface area contributed by atoms with E-state index in [-0.39, 0.29) is 0 Å². The highest BCUT2D eigenvalue weighted by Gasteiger charge is 2.18. The number of hydrogen-bond donors (Lipinski definition) is 0. The largest absolute Gasteiger partial charge is 0.378 e. The lowest BCUT2D eigenvalue weighted by Gasteiger charge is -2.26. The van der Waals surface area contributed by atoms with E-state index < -0.39 is 0 Å². The summed E-state index contributed by atoms with van der Waals surface area (Å²) >= 11 is 5.97. The molecule has 4 nitrogen and oxygen atoms in total. The van der Waals surface area contributed by atoms with Gasteiger partial charge in [-0.15, -0.1) is 0 Å². The zero-order chi connectivity index (χ0) is 11.0. The maximum absolute atomic E-state index is 5.97. The Morgan fingerprint density at radius 1 is 1.25 bits per heavy atom. The van der Waals surface area contributed by atoms with Crippen molar-refractivity contribution in [2.75, 3.05) is 31.2 Å². The molecule has 1 fully saturated rings. The number of nitrogens with zero attached hydrogens (tertiary/aromatic N) is 2. The Bertz CT molecular complexity index is 506. The van der Waals surface area contributed by atoms with E-state index in [1.807, 2.05) is 12.1 Å². The molecule has 84 valence electrons. The molecule has 2 heterocycles. The third-order valence-electron chi connectivity index (χ3n) is 2.72. The first-order valence-electron chi connectivity index (χ1n) is 5.22. The third kappa shape index (κ3) is 1.64. The summed E-state index contributed by atoms with van der Waals surface area (Å²) in [7, 11) is 0. The maximum Gasteiger partial charge on any atom is 0.180 e. The maximum atomic E-state index is 5.97. The Kier molecular flexibility index (Phi) is 2.46. The summed E-state index contributed by atoms with van der Waals surface area (Å²) in [4.78, 5) is 2.16. The van der Waals surface area contributed by atoms with Crippen LogP contribution in [0.2, 0.25) is 5.02 Å². The first-order valence-corrected chi connectivity index (χ1v) is 5.60. The summed E-state index contributed by atoms with van der Waals surface area (Å²) in [6.45, 7) is 3.14. The number of halogens is 1. The van der Waals surface area contributed by atoms with E-state index in [0.717, 1.165) is 43.1 Å². The summed E-state index contributed by atoms with van der Waals surface area (Å²) in [5.41, 5.74) is 0.769. The van der Waals surface area contributed by atoms with E-state index >= 15 is 0 Å². The van der Waals surface area contributed by atoms with Gasteiger partial charge in [0.15, 0.2) is 11.4 Å². The molecule has 16 heavy (non-hydrogen) atoms. The number of ether oxygens (including phenoxy) is 1. The van der Waals surface area contributed by atoms with Crippen LogP contribution in [-0.2, 0) is 4.74 Å². The van der Waals surface area contributed by atoms with Crippen molar-refractivity contribution < 1.29 is 9.26 Å². The lowest BCUT2D eigenvalue weighted by molar-refractivity contribution is 0.122. The predicted octanol–water partition coefficient (Wildman–Crippen LogP) is 2.32. The molecule has 0 amide bonds. The van der Waals surface area contributed by atoms with E-state index in [0.29, 0.717) is 5.02 Å². The van der Waals surface area contributed by atoms with Gasteiger partial charge in [-0.3, -0.25) is 0 Å². The molecule has 1 saturated heterocycles. The van der Waals surface area contributed by atoms with Gasteiger partial charge >= 0.3 is 0 Å². The highest BCUT2D eigenvalue weighted by molar-refractivity contribution is 6.31. The van der Waals surface area contributed by atoms with Gasteiger partial charge in [0.2, 0.25) is 0 Å². The number of aromatic nitrogens is 1. The van der Waals surface area contributed by atoms with Crippen molar-refractivity contribution in [1.29, 1.82) is 0 Å². The van der Waals surface area contributed by atoms with Crippen LogP contribution in [0, 0.1) is 0 Å². The van der Waals surface area contributed by atoms with E-state index in [1.54, 1.807) is 6.07 Å². The van der Waals surface area contributed by atoms with Crippen LogP contribution in [0.4, 0.5) is 5.82 Å². The fourth-order valence-corrected chi connectivity index (χ4v) is 2.07. The molecule has 3 rings (SSSR count). The van der Waals surface area contributed by atoms with Crippen molar-refractivity contribution in [2.24, 2.45) is 0 Å². The molecule has 0 aliphatic carbocycles. The summed E-state index contributed by atoms with van der Waals surface area (Å²) in [5, 5.41) is 5.76. The molecule has 0 spiro atoms. The summed E-state index contributed by atoms with van der Waals surface area (Å²) in [6.07, 6.45) is 0. The number of anilines is 1. The van der Waals surface area contributed by atoms with Crippen molar-refractivity contribution in [2.45, 2.75) is 0 Å². The summed E-state index contributed by atoms with van der Waals surface area (Å²) < 4.78 is 10.6. The van der Waals surface area contributed by atoms with Gasteiger partial charge in [-0.25, -0.2) is 0 Å². The lowest BCUT2D eigenvalue weighted by Crippen LogP contribution is -2.36. The molecule has 1 aromatic heterocycles. The lowest BCUT2D eigenvalue weighted by atomic mass is 10.2. The number of rotatable bonds is 1. The zero-order valence-corrected chi connectivity index (χ0v) is 9.41. The molecule has 1 aromatic carbocycles. The molecule has 0 atom stereocenters. The van der Waals surface area contributed by atoms with Gasteiger partial charge in [-0.1, -0.05) is 16.8 Å². The number of fused-ring (bicyclic) bond motifs is 1. The Morgan fingerprint density at radius 3 is 2.88 bits per heavy atom. The summed E-state index contributed by atoms with van der Waals surface area (Å²) in [5.74, 6) is 0.862. The molecular weight excluding hydrogens is 228 g/mol. The van der Waals surface area contributed by atoms with Crippen LogP contribution in [0.3, 0.4) is 0 Å². The topological polar surface area (TPSA) is 38.5 Å². The molecule has 0 radical (unpaired) electrons. The number of benzene rings is 1. The molecule has 0 saturated carbocycles. The quantitative estimate of drug-likeness (QED) is 0.764. The SMILES string of the molecule is Clc1ccc2onc(N3CCOCC3)c2c1. The third-order valence-corrected chi connectivity index (χ3v) is 2.96. The molecule has 1 aliphatic heterocycles. The van der Waals surface area contributed by atoms with Crippen LogP contribution in [0.5, 0.6) is 0 Å². The van der Waals surface area contributed by atoms with Gasteiger partial charge in [0.1, 0.15) is 0 Å². The fraction of sp³-hybridized carbons (Fsp3) is 0.364. The van der Waals surface area contributed by atoms with Gasteiger partial charge in [0.25, 0.3) is 0 Å². The molecule has 5 heteroatoms. The van der Waals surface area contributed by atoms with E-state index in [2.05, 4.69) is 10.1 Å². The fourth-order valence-electron chi connectivity index (χ4n) is 1.90. The minimum atomic E-state index is 0.699. The second-order valence-corrected chi connectivity index (χ2v) is 4.18. The van der Waals surface area contributed by atoms with Gasteiger partial charge in [-0.05, 0) is 18.2 Å². The predicted molar refractivity (Wildman–Crippen MR) is 62.1 cm³/mol. The van der Waals surface area contributed by atoms with E-state index in [4.69, 9.17) is 20.9 Å². The van der Waals surface area contributed by atoms with Gasteiger partial charge < -0.3 is 14.2 Å². The second-order valence-electron chi connectivity index (χ2n) is 3.75. The van der Waals surface area contributed by atoms with Crippen LogP contribution < -0.4 is 4.90 Å².